The number of nitrogens with zero attached hydrogens (tertiary/aromatic N) is 1. The van der Waals surface area contributed by atoms with Gasteiger partial charge in [-0.2, -0.15) is 5.26 Å². The Bertz CT molecular complexity index is 348. The molecule has 0 unspecified atom stereocenters. The zero-order valence-electron chi connectivity index (χ0n) is 6.19. The summed E-state index contributed by atoms with van der Waals surface area (Å²) in [7, 11) is 0. The molecule has 0 saturated heterocycles. The van der Waals surface area contributed by atoms with Crippen molar-refractivity contribution in [2.45, 2.75) is 6.43 Å². The van der Waals surface area contributed by atoms with Crippen LogP contribution in [0.3, 0.4) is 0 Å². The van der Waals surface area contributed by atoms with Crippen LogP contribution in [0.4, 0.5) is 8.78 Å². The second kappa shape index (κ2) is 4.16. The van der Waals surface area contributed by atoms with Crippen molar-refractivity contribution in [3.8, 4) is 6.07 Å². The Kier molecular flexibility index (Phi) is 3.40. The summed E-state index contributed by atoms with van der Waals surface area (Å²) in [6.07, 6.45) is -2.53. The van der Waals surface area contributed by atoms with E-state index in [9.17, 15) is 8.78 Å². The van der Waals surface area contributed by atoms with Crippen LogP contribution in [0.25, 0.3) is 0 Å². The van der Waals surface area contributed by atoms with Gasteiger partial charge in [-0.15, -0.1) is 0 Å². The third-order valence-electron chi connectivity index (χ3n) is 1.43. The summed E-state index contributed by atoms with van der Waals surface area (Å²) >= 11 is 6.08. The Morgan fingerprint density at radius 3 is 2.00 bits per heavy atom. The first-order valence-corrected chi connectivity index (χ1v) is 4.82. The van der Waals surface area contributed by atoms with Gasteiger partial charge in [0.15, 0.2) is 0 Å². The summed E-state index contributed by atoms with van der Waals surface area (Å²) < 4.78 is 25.2. The van der Waals surface area contributed by atoms with Gasteiger partial charge in [0, 0.05) is 14.5 Å². The highest BCUT2D eigenvalue weighted by Crippen LogP contribution is 2.30. The van der Waals surface area contributed by atoms with Gasteiger partial charge < -0.3 is 0 Å². The molecule has 0 atom stereocenters. The molecule has 0 fully saturated rings. The van der Waals surface area contributed by atoms with Crippen LogP contribution in [0.1, 0.15) is 17.6 Å². The molecule has 0 bridgehead atoms. The molecule has 0 N–H and O–H groups in total. The van der Waals surface area contributed by atoms with E-state index in [2.05, 4.69) is 31.9 Å². The predicted octanol–water partition coefficient (Wildman–Crippen LogP) is 4.02. The molecule has 1 rings (SSSR count). The van der Waals surface area contributed by atoms with Crippen LogP contribution in [0.2, 0.25) is 0 Å². The molecule has 1 aromatic carbocycles. The van der Waals surface area contributed by atoms with E-state index in [1.54, 1.807) is 0 Å². The first-order chi connectivity index (χ1) is 6.06. The van der Waals surface area contributed by atoms with Gasteiger partial charge in [-0.05, 0) is 44.0 Å². The highest BCUT2D eigenvalue weighted by atomic mass is 79.9. The molecule has 0 amide bonds. The van der Waals surface area contributed by atoms with Crippen LogP contribution in [-0.2, 0) is 0 Å². The SMILES string of the molecule is N#Cc1c(Br)cc(C(F)F)cc1Br. The standard InChI is InChI=1S/C8H3Br2F2N/c9-6-1-4(8(11)12)2-7(10)5(6)3-13/h1-2,8H. The smallest absolute Gasteiger partial charge is 0.205 e. The number of hydrogen-bond acceptors (Lipinski definition) is 1. The number of nitriles is 1. The number of alkyl halides is 2. The second-order valence-electron chi connectivity index (χ2n) is 2.27. The molecule has 0 radical (unpaired) electrons. The Labute approximate surface area is 90.6 Å². The van der Waals surface area contributed by atoms with E-state index < -0.39 is 6.43 Å². The molecule has 0 heterocycles. The first-order valence-electron chi connectivity index (χ1n) is 3.23. The molecule has 1 nitrogen and oxygen atoms in total. The van der Waals surface area contributed by atoms with E-state index in [0.717, 1.165) is 0 Å². The second-order valence-corrected chi connectivity index (χ2v) is 3.98. The minimum atomic E-state index is -2.53. The topological polar surface area (TPSA) is 23.8 Å². The Morgan fingerprint density at radius 1 is 1.23 bits per heavy atom. The van der Waals surface area contributed by atoms with Crippen molar-refractivity contribution in [1.29, 1.82) is 5.26 Å². The number of hydrogen-bond donors (Lipinski definition) is 0. The highest BCUT2D eigenvalue weighted by Gasteiger charge is 2.12. The van der Waals surface area contributed by atoms with Crippen molar-refractivity contribution < 1.29 is 8.78 Å². The molecule has 0 aliphatic carbocycles. The molecule has 0 aromatic heterocycles. The van der Waals surface area contributed by atoms with Crippen molar-refractivity contribution >= 4 is 31.9 Å². The third-order valence-corrected chi connectivity index (χ3v) is 2.68. The zero-order chi connectivity index (χ0) is 10.0. The van der Waals surface area contributed by atoms with E-state index in [1.807, 2.05) is 6.07 Å². The summed E-state index contributed by atoms with van der Waals surface area (Å²) in [5.41, 5.74) is 0.210. The lowest BCUT2D eigenvalue weighted by Gasteiger charge is -2.03. The quantitative estimate of drug-likeness (QED) is 0.768. The highest BCUT2D eigenvalue weighted by molar-refractivity contribution is 9.11. The Balaban J connectivity index is 3.30. The summed E-state index contributed by atoms with van der Waals surface area (Å²) in [4.78, 5) is 0. The molecule has 68 valence electrons. The molecular formula is C8H3Br2F2N. The maximum atomic E-state index is 12.2. The van der Waals surface area contributed by atoms with Crippen LogP contribution in [0.5, 0.6) is 0 Å². The van der Waals surface area contributed by atoms with E-state index in [4.69, 9.17) is 5.26 Å². The van der Waals surface area contributed by atoms with Gasteiger partial charge in [0.25, 0.3) is 6.43 Å². The first kappa shape index (κ1) is 10.6. The van der Waals surface area contributed by atoms with Gasteiger partial charge >= 0.3 is 0 Å². The van der Waals surface area contributed by atoms with E-state index in [1.165, 1.54) is 12.1 Å². The maximum Gasteiger partial charge on any atom is 0.263 e. The van der Waals surface area contributed by atoms with Gasteiger partial charge in [-0.3, -0.25) is 0 Å². The van der Waals surface area contributed by atoms with Crippen LogP contribution in [-0.4, -0.2) is 0 Å². The molecule has 0 spiro atoms. The number of halogens is 4. The van der Waals surface area contributed by atoms with E-state index in [0.29, 0.717) is 14.5 Å². The normalized spacial score (nSPS) is 10.2. The van der Waals surface area contributed by atoms with Gasteiger partial charge in [-0.25, -0.2) is 8.78 Å². The van der Waals surface area contributed by atoms with Crippen LogP contribution in [0, 0.1) is 11.3 Å². The molecule has 0 aliphatic heterocycles. The molecule has 5 heteroatoms. The van der Waals surface area contributed by atoms with Crippen LogP contribution >= 0.6 is 31.9 Å². The fourth-order valence-electron chi connectivity index (χ4n) is 0.826. The lowest BCUT2D eigenvalue weighted by atomic mass is 10.1. The van der Waals surface area contributed by atoms with Crippen molar-refractivity contribution in [3.63, 3.8) is 0 Å². The summed E-state index contributed by atoms with van der Waals surface area (Å²) in [5, 5.41) is 8.63. The predicted molar refractivity (Wildman–Crippen MR) is 51.5 cm³/mol. The Hall–Kier alpha value is -0.470. The third kappa shape index (κ3) is 2.26. The maximum absolute atomic E-state index is 12.2. The molecule has 0 aliphatic rings. The summed E-state index contributed by atoms with van der Waals surface area (Å²) in [6, 6.07) is 4.38. The lowest BCUT2D eigenvalue weighted by molar-refractivity contribution is 0.151. The fourth-order valence-corrected chi connectivity index (χ4v) is 2.22. The van der Waals surface area contributed by atoms with Gasteiger partial charge in [0.1, 0.15) is 6.07 Å². The van der Waals surface area contributed by atoms with E-state index in [-0.39, 0.29) is 5.56 Å². The number of rotatable bonds is 1. The lowest BCUT2D eigenvalue weighted by Crippen LogP contribution is -1.88. The average molecular weight is 311 g/mol. The fraction of sp³-hybridized carbons (Fsp3) is 0.125. The van der Waals surface area contributed by atoms with Crippen LogP contribution in [0.15, 0.2) is 21.1 Å². The van der Waals surface area contributed by atoms with Gasteiger partial charge in [0.2, 0.25) is 0 Å². The minimum Gasteiger partial charge on any atom is -0.205 e. The van der Waals surface area contributed by atoms with Crippen molar-refractivity contribution in [3.05, 3.63) is 32.2 Å². The molecular weight excluding hydrogens is 308 g/mol. The van der Waals surface area contributed by atoms with Crippen LogP contribution < -0.4 is 0 Å². The van der Waals surface area contributed by atoms with Crippen molar-refractivity contribution in [1.82, 2.24) is 0 Å². The molecule has 1 aromatic rings. The van der Waals surface area contributed by atoms with Crippen molar-refractivity contribution in [2.75, 3.05) is 0 Å². The average Bonchev–Trinajstić information content (AvgIpc) is 2.03. The van der Waals surface area contributed by atoms with Gasteiger partial charge in [0.05, 0.1) is 5.56 Å². The van der Waals surface area contributed by atoms with E-state index >= 15 is 0 Å². The zero-order valence-corrected chi connectivity index (χ0v) is 9.36. The monoisotopic (exact) mass is 309 g/mol. The van der Waals surface area contributed by atoms with Gasteiger partial charge in [-0.1, -0.05) is 0 Å². The minimum absolute atomic E-state index is 0.113. The molecule has 0 saturated carbocycles. The summed E-state index contributed by atoms with van der Waals surface area (Å²) in [6.45, 7) is 0. The largest absolute Gasteiger partial charge is 0.263 e. The number of benzene rings is 1. The van der Waals surface area contributed by atoms with Crippen molar-refractivity contribution in [2.24, 2.45) is 0 Å². The Morgan fingerprint density at radius 2 is 1.69 bits per heavy atom. The summed E-state index contributed by atoms with van der Waals surface area (Å²) in [5.74, 6) is 0. The molecule has 13 heavy (non-hydrogen) atoms.